The smallest absolute Gasteiger partial charge is 0.413 e. The van der Waals surface area contributed by atoms with Crippen molar-refractivity contribution in [2.75, 3.05) is 5.32 Å². The van der Waals surface area contributed by atoms with Crippen LogP contribution < -0.4 is 5.32 Å². The molecule has 2 rings (SSSR count). The first-order valence-corrected chi connectivity index (χ1v) is 7.35. The van der Waals surface area contributed by atoms with Gasteiger partial charge in [-0.15, -0.1) is 0 Å². The van der Waals surface area contributed by atoms with Gasteiger partial charge in [0.25, 0.3) is 0 Å². The Morgan fingerprint density at radius 2 is 1.84 bits per heavy atom. The number of hydrogen-bond acceptors (Lipinski definition) is 6. The molecule has 0 radical (unpaired) electrons. The van der Waals surface area contributed by atoms with Gasteiger partial charge in [0.2, 0.25) is 0 Å². The number of nitrogens with one attached hydrogen (secondary N) is 1. The summed E-state index contributed by atoms with van der Waals surface area (Å²) in [6, 6.07) is 14.5. The fourth-order valence-electron chi connectivity index (χ4n) is 2.04. The summed E-state index contributed by atoms with van der Waals surface area (Å²) in [6.45, 7) is 0.0314. The molecular weight excluding hydrogens is 342 g/mol. The predicted molar refractivity (Wildman–Crippen MR) is 88.2 cm³/mol. The summed E-state index contributed by atoms with van der Waals surface area (Å²) in [7, 11) is 0. The van der Waals surface area contributed by atoms with Crippen LogP contribution in [0, 0.1) is 34.0 Å². The minimum Gasteiger partial charge on any atom is -0.444 e. The number of ether oxygens (including phenoxy) is 1. The second-order valence-corrected chi connectivity index (χ2v) is 5.08. The number of carbonyl (C=O) groups is 1. The first-order chi connectivity index (χ1) is 12.1. The van der Waals surface area contributed by atoms with Crippen LogP contribution in [0.1, 0.15) is 22.3 Å². The number of amides is 1. The van der Waals surface area contributed by atoms with Crippen molar-refractivity contribution in [3.63, 3.8) is 0 Å². The number of carbonyl (C=O) groups excluding carboxylic acids is 1. The lowest BCUT2D eigenvalue weighted by molar-refractivity contribution is 0.155. The molecule has 1 aromatic carbocycles. The summed E-state index contributed by atoms with van der Waals surface area (Å²) in [4.78, 5) is 15.8. The number of aromatic nitrogens is 1. The van der Waals surface area contributed by atoms with Crippen LogP contribution in [0.15, 0.2) is 30.3 Å². The van der Waals surface area contributed by atoms with E-state index in [4.69, 9.17) is 26.9 Å². The number of nitriles is 3. The molecule has 7 nitrogen and oxygen atoms in total. The fourth-order valence-corrected chi connectivity index (χ4v) is 2.28. The molecule has 8 heteroatoms. The largest absolute Gasteiger partial charge is 0.444 e. The van der Waals surface area contributed by atoms with E-state index in [1.54, 1.807) is 24.3 Å². The molecule has 1 heterocycles. The van der Waals surface area contributed by atoms with E-state index >= 15 is 0 Å². The summed E-state index contributed by atoms with van der Waals surface area (Å²) in [5, 5.41) is 29.4. The van der Waals surface area contributed by atoms with E-state index < -0.39 is 6.09 Å². The minimum absolute atomic E-state index is 0.0314. The van der Waals surface area contributed by atoms with Gasteiger partial charge in [-0.2, -0.15) is 15.8 Å². The number of nitrogens with zero attached hydrogens (tertiary/aromatic N) is 4. The van der Waals surface area contributed by atoms with Crippen LogP contribution in [-0.4, -0.2) is 11.1 Å². The van der Waals surface area contributed by atoms with Crippen LogP contribution in [0.5, 0.6) is 0 Å². The molecule has 1 amide bonds. The zero-order valence-corrected chi connectivity index (χ0v) is 13.5. The number of pyridine rings is 1. The molecular formula is C17H10ClN5O2. The van der Waals surface area contributed by atoms with Crippen molar-refractivity contribution < 1.29 is 9.53 Å². The van der Waals surface area contributed by atoms with Crippen LogP contribution in [-0.2, 0) is 17.8 Å². The van der Waals surface area contributed by atoms with E-state index in [2.05, 4.69) is 10.3 Å². The SMILES string of the molecule is N#CCc1c(C#N)c(Cl)nc(NC(=O)OCc2ccccc2)c1C#N. The number of halogens is 1. The first-order valence-electron chi connectivity index (χ1n) is 6.98. The van der Waals surface area contributed by atoms with Gasteiger partial charge in [-0.25, -0.2) is 9.78 Å². The maximum Gasteiger partial charge on any atom is 0.413 e. The predicted octanol–water partition coefficient (Wildman–Crippen LogP) is 3.29. The maximum atomic E-state index is 11.9. The lowest BCUT2D eigenvalue weighted by atomic mass is 10.0. The van der Waals surface area contributed by atoms with Crippen molar-refractivity contribution in [1.29, 1.82) is 15.8 Å². The standard InChI is InChI=1S/C17H10ClN5O2/c18-15-13(8-20)12(6-7-19)14(9-21)16(22-15)23-17(24)25-10-11-4-2-1-3-5-11/h1-5H,6,10H2,(H,22,23,24). The normalized spacial score (nSPS) is 9.36. The third kappa shape index (κ3) is 4.23. The van der Waals surface area contributed by atoms with Crippen molar-refractivity contribution >= 4 is 23.5 Å². The molecule has 0 aliphatic rings. The zero-order chi connectivity index (χ0) is 18.2. The zero-order valence-electron chi connectivity index (χ0n) is 12.8. The molecule has 0 bridgehead atoms. The highest BCUT2D eigenvalue weighted by Gasteiger charge is 2.20. The number of rotatable bonds is 4. The summed E-state index contributed by atoms with van der Waals surface area (Å²) in [6.07, 6.45) is -1.06. The Hall–Kier alpha value is -3.60. The molecule has 1 N–H and O–H groups in total. The van der Waals surface area contributed by atoms with Crippen LogP contribution in [0.4, 0.5) is 10.6 Å². The van der Waals surface area contributed by atoms with Gasteiger partial charge in [0.1, 0.15) is 29.5 Å². The van der Waals surface area contributed by atoms with E-state index in [0.29, 0.717) is 0 Å². The summed E-state index contributed by atoms with van der Waals surface area (Å²) >= 11 is 5.91. The molecule has 122 valence electrons. The second kappa shape index (κ2) is 8.31. The van der Waals surface area contributed by atoms with E-state index in [1.165, 1.54) is 0 Å². The molecule has 0 saturated heterocycles. The Labute approximate surface area is 148 Å². The Morgan fingerprint density at radius 3 is 2.44 bits per heavy atom. The molecule has 25 heavy (non-hydrogen) atoms. The topological polar surface area (TPSA) is 123 Å². The lowest BCUT2D eigenvalue weighted by Crippen LogP contribution is -2.17. The molecule has 0 aliphatic heterocycles. The van der Waals surface area contributed by atoms with Crippen LogP contribution >= 0.6 is 11.6 Å². The Bertz CT molecular complexity index is 923. The third-order valence-electron chi connectivity index (χ3n) is 3.17. The molecule has 0 unspecified atom stereocenters. The van der Waals surface area contributed by atoms with Crippen molar-refractivity contribution in [2.24, 2.45) is 0 Å². The van der Waals surface area contributed by atoms with E-state index in [-0.39, 0.29) is 40.7 Å². The highest BCUT2D eigenvalue weighted by Crippen LogP contribution is 2.27. The average molecular weight is 352 g/mol. The van der Waals surface area contributed by atoms with Crippen LogP contribution in [0.2, 0.25) is 5.15 Å². The van der Waals surface area contributed by atoms with Gasteiger partial charge in [0.05, 0.1) is 18.1 Å². The van der Waals surface area contributed by atoms with Crippen molar-refractivity contribution in [3.8, 4) is 18.2 Å². The van der Waals surface area contributed by atoms with Crippen molar-refractivity contribution in [2.45, 2.75) is 13.0 Å². The summed E-state index contributed by atoms with van der Waals surface area (Å²) < 4.78 is 5.06. The highest BCUT2D eigenvalue weighted by atomic mass is 35.5. The van der Waals surface area contributed by atoms with Gasteiger partial charge in [0, 0.05) is 5.56 Å². The Morgan fingerprint density at radius 1 is 1.16 bits per heavy atom. The number of anilines is 1. The van der Waals surface area contributed by atoms with Crippen molar-refractivity contribution in [1.82, 2.24) is 4.98 Å². The van der Waals surface area contributed by atoms with E-state index in [1.807, 2.05) is 24.3 Å². The quantitative estimate of drug-likeness (QED) is 0.843. The van der Waals surface area contributed by atoms with Gasteiger partial charge < -0.3 is 4.74 Å². The van der Waals surface area contributed by atoms with Gasteiger partial charge in [-0.05, 0) is 5.56 Å². The maximum absolute atomic E-state index is 11.9. The van der Waals surface area contributed by atoms with Crippen molar-refractivity contribution in [3.05, 3.63) is 57.7 Å². The monoisotopic (exact) mass is 351 g/mol. The first kappa shape index (κ1) is 17.7. The number of hydrogen-bond donors (Lipinski definition) is 1. The molecule has 0 spiro atoms. The van der Waals surface area contributed by atoms with Gasteiger partial charge >= 0.3 is 6.09 Å². The summed E-state index contributed by atoms with van der Waals surface area (Å²) in [5.41, 5.74) is 0.738. The minimum atomic E-state index is -0.837. The third-order valence-corrected chi connectivity index (χ3v) is 3.44. The van der Waals surface area contributed by atoms with Crippen LogP contribution in [0.3, 0.4) is 0 Å². The number of benzene rings is 1. The molecule has 0 aliphatic carbocycles. The molecule has 0 saturated carbocycles. The average Bonchev–Trinajstić information content (AvgIpc) is 2.61. The molecule has 2 aromatic rings. The second-order valence-electron chi connectivity index (χ2n) is 4.73. The van der Waals surface area contributed by atoms with Gasteiger partial charge in [-0.1, -0.05) is 41.9 Å². The molecule has 1 aromatic heterocycles. The highest BCUT2D eigenvalue weighted by molar-refractivity contribution is 6.30. The van der Waals surface area contributed by atoms with Crippen LogP contribution in [0.25, 0.3) is 0 Å². The Balaban J connectivity index is 2.24. The Kier molecular flexibility index (Phi) is 5.90. The molecule has 0 fully saturated rings. The van der Waals surface area contributed by atoms with Gasteiger partial charge in [-0.3, -0.25) is 5.32 Å². The lowest BCUT2D eigenvalue weighted by Gasteiger charge is -2.11. The molecule has 0 atom stereocenters. The van der Waals surface area contributed by atoms with Gasteiger partial charge in [0.15, 0.2) is 5.82 Å². The fraction of sp³-hybridized carbons (Fsp3) is 0.118. The van der Waals surface area contributed by atoms with E-state index in [0.717, 1.165) is 5.56 Å². The van der Waals surface area contributed by atoms with E-state index in [9.17, 15) is 10.1 Å². The summed E-state index contributed by atoms with van der Waals surface area (Å²) in [5.74, 6) is -0.158.